The number of hydroxylamine groups is 1. The van der Waals surface area contributed by atoms with E-state index in [0.717, 1.165) is 0 Å². The zero-order valence-corrected chi connectivity index (χ0v) is 12.1. The number of primary amides is 1. The Kier molecular flexibility index (Phi) is 3.98. The number of amides is 1. The van der Waals surface area contributed by atoms with E-state index in [9.17, 15) is 13.2 Å². The summed E-state index contributed by atoms with van der Waals surface area (Å²) in [7, 11) is -4.04. The zero-order valence-electron chi connectivity index (χ0n) is 10.5. The highest BCUT2D eigenvalue weighted by atomic mass is 35.5. The monoisotopic (exact) mass is 317 g/mol. The number of carbonyl (C=O) groups excluding carboxylic acids is 1. The molecule has 1 amide bonds. The van der Waals surface area contributed by atoms with Crippen LogP contribution in [0.25, 0.3) is 0 Å². The van der Waals surface area contributed by atoms with Crippen LogP contribution < -0.4 is 5.73 Å². The minimum absolute atomic E-state index is 0.0541. The predicted molar refractivity (Wildman–Crippen MR) is 72.3 cm³/mol. The van der Waals surface area contributed by atoms with Gasteiger partial charge in [0.2, 0.25) is 0 Å². The van der Waals surface area contributed by atoms with Crippen LogP contribution in [-0.2, 0) is 19.7 Å². The maximum absolute atomic E-state index is 12.5. The second-order valence-electron chi connectivity index (χ2n) is 3.97. The van der Waals surface area contributed by atoms with Gasteiger partial charge in [0.25, 0.3) is 10.0 Å². The minimum atomic E-state index is -4.04. The molecule has 0 aliphatic carbocycles. The van der Waals surface area contributed by atoms with Crippen molar-refractivity contribution < 1.29 is 18.0 Å². The Morgan fingerprint density at radius 2 is 2.15 bits per heavy atom. The fraction of sp³-hybridized carbons (Fsp3) is 0.273. The van der Waals surface area contributed by atoms with Crippen LogP contribution >= 0.6 is 11.6 Å². The summed E-state index contributed by atoms with van der Waals surface area (Å²) < 4.78 is 25.6. The number of nitrogens with two attached hydrogens (primary N) is 1. The van der Waals surface area contributed by atoms with E-state index in [0.29, 0.717) is 10.9 Å². The van der Waals surface area contributed by atoms with Crippen LogP contribution in [0.2, 0.25) is 5.02 Å². The quantitative estimate of drug-likeness (QED) is 0.891. The lowest BCUT2D eigenvalue weighted by Gasteiger charge is -2.20. The highest BCUT2D eigenvalue weighted by molar-refractivity contribution is 7.89. The number of hydrogen-bond acceptors (Lipinski definition) is 5. The third-order valence-corrected chi connectivity index (χ3v) is 4.76. The van der Waals surface area contributed by atoms with Crippen molar-refractivity contribution in [2.75, 3.05) is 0 Å². The molecule has 1 atom stereocenters. The van der Waals surface area contributed by atoms with Gasteiger partial charge in [-0.15, -0.1) is 0 Å². The van der Waals surface area contributed by atoms with Crippen molar-refractivity contribution >= 4 is 33.4 Å². The van der Waals surface area contributed by atoms with Gasteiger partial charge in [-0.25, -0.2) is 13.4 Å². The van der Waals surface area contributed by atoms with E-state index in [1.54, 1.807) is 13.0 Å². The van der Waals surface area contributed by atoms with E-state index in [-0.39, 0.29) is 9.92 Å². The van der Waals surface area contributed by atoms with Crippen molar-refractivity contribution in [3.05, 3.63) is 29.3 Å². The van der Waals surface area contributed by atoms with Gasteiger partial charge in [-0.3, -0.25) is 4.79 Å². The SMILES string of the molecule is CCC1N=C(C(N)=O)ON1S(=O)(=O)c1ccccc1Cl. The summed E-state index contributed by atoms with van der Waals surface area (Å²) in [4.78, 5) is 19.7. The molecule has 2 N–H and O–H groups in total. The van der Waals surface area contributed by atoms with Gasteiger partial charge in [-0.1, -0.05) is 30.7 Å². The summed E-state index contributed by atoms with van der Waals surface area (Å²) in [5.41, 5.74) is 5.05. The first-order valence-electron chi connectivity index (χ1n) is 5.72. The van der Waals surface area contributed by atoms with Crippen molar-refractivity contribution in [3.8, 4) is 0 Å². The molecule has 9 heteroatoms. The van der Waals surface area contributed by atoms with Gasteiger partial charge < -0.3 is 10.6 Å². The average molecular weight is 318 g/mol. The third-order valence-electron chi connectivity index (χ3n) is 2.61. The maximum Gasteiger partial charge on any atom is 0.306 e. The van der Waals surface area contributed by atoms with E-state index in [2.05, 4.69) is 4.99 Å². The molecule has 20 heavy (non-hydrogen) atoms. The number of carbonyl (C=O) groups is 1. The molecular weight excluding hydrogens is 306 g/mol. The Labute approximate surface area is 121 Å². The van der Waals surface area contributed by atoms with Crippen LogP contribution in [0.3, 0.4) is 0 Å². The fourth-order valence-corrected chi connectivity index (χ4v) is 3.53. The van der Waals surface area contributed by atoms with E-state index in [1.807, 2.05) is 0 Å². The second kappa shape index (κ2) is 5.39. The molecule has 0 saturated carbocycles. The molecule has 108 valence electrons. The number of hydrogen-bond donors (Lipinski definition) is 1. The van der Waals surface area contributed by atoms with Crippen LogP contribution in [0.4, 0.5) is 0 Å². The second-order valence-corrected chi connectivity index (χ2v) is 6.13. The standard InChI is InChI=1S/C11H12ClN3O4S/c1-2-9-14-11(10(13)16)19-15(9)20(17,18)8-6-4-3-5-7(8)12/h3-6,9H,2H2,1H3,(H2,13,16). The maximum atomic E-state index is 12.5. The molecule has 0 spiro atoms. The first kappa shape index (κ1) is 14.8. The fourth-order valence-electron chi connectivity index (χ4n) is 1.66. The van der Waals surface area contributed by atoms with Crippen molar-refractivity contribution in [2.24, 2.45) is 10.7 Å². The Hall–Kier alpha value is -1.64. The van der Waals surface area contributed by atoms with Gasteiger partial charge >= 0.3 is 11.8 Å². The molecule has 1 aromatic carbocycles. The van der Waals surface area contributed by atoms with Crippen molar-refractivity contribution in [3.63, 3.8) is 0 Å². The topological polar surface area (TPSA) is 102 Å². The van der Waals surface area contributed by atoms with Crippen LogP contribution in [0, 0.1) is 0 Å². The molecule has 7 nitrogen and oxygen atoms in total. The third kappa shape index (κ3) is 2.49. The normalized spacial score (nSPS) is 19.5. The molecule has 0 fully saturated rings. The van der Waals surface area contributed by atoms with E-state index in [1.165, 1.54) is 18.2 Å². The lowest BCUT2D eigenvalue weighted by Crippen LogP contribution is -2.36. The molecule has 2 rings (SSSR count). The number of rotatable bonds is 4. The van der Waals surface area contributed by atoms with Crippen molar-refractivity contribution in [1.82, 2.24) is 4.47 Å². The summed E-state index contributed by atoms with van der Waals surface area (Å²) in [5.74, 6) is -1.37. The first-order chi connectivity index (χ1) is 9.37. The minimum Gasteiger partial charge on any atom is -0.363 e. The number of nitrogens with zero attached hydrogens (tertiary/aromatic N) is 2. The van der Waals surface area contributed by atoms with Gasteiger partial charge in [0, 0.05) is 0 Å². The lowest BCUT2D eigenvalue weighted by atomic mass is 10.4. The zero-order chi connectivity index (χ0) is 14.9. The summed E-state index contributed by atoms with van der Waals surface area (Å²) in [6, 6.07) is 5.93. The van der Waals surface area contributed by atoms with Gasteiger partial charge in [0.1, 0.15) is 4.90 Å². The molecular formula is C11H12ClN3O4S. The first-order valence-corrected chi connectivity index (χ1v) is 7.54. The Balaban J connectivity index is 2.41. The largest absolute Gasteiger partial charge is 0.363 e. The Morgan fingerprint density at radius 3 is 2.70 bits per heavy atom. The number of halogens is 1. The summed E-state index contributed by atoms with van der Waals surface area (Å²) in [6.45, 7) is 1.70. The summed E-state index contributed by atoms with van der Waals surface area (Å²) >= 11 is 5.89. The summed E-state index contributed by atoms with van der Waals surface area (Å²) in [5, 5.41) is 0.0541. The Bertz CT molecular complexity index is 674. The highest BCUT2D eigenvalue weighted by Gasteiger charge is 2.40. The molecule has 1 aliphatic rings. The summed E-state index contributed by atoms with van der Waals surface area (Å²) in [6.07, 6.45) is -0.528. The van der Waals surface area contributed by atoms with E-state index in [4.69, 9.17) is 22.2 Å². The Morgan fingerprint density at radius 1 is 1.50 bits per heavy atom. The smallest absolute Gasteiger partial charge is 0.306 e. The molecule has 0 radical (unpaired) electrons. The molecule has 1 aliphatic heterocycles. The van der Waals surface area contributed by atoms with E-state index < -0.39 is 28.0 Å². The van der Waals surface area contributed by atoms with Crippen LogP contribution in [-0.4, -0.2) is 30.9 Å². The molecule has 0 bridgehead atoms. The average Bonchev–Trinajstić information content (AvgIpc) is 2.84. The predicted octanol–water partition coefficient (Wildman–Crippen LogP) is 0.896. The molecule has 0 saturated heterocycles. The van der Waals surface area contributed by atoms with E-state index >= 15 is 0 Å². The van der Waals surface area contributed by atoms with Crippen LogP contribution in [0.1, 0.15) is 13.3 Å². The lowest BCUT2D eigenvalue weighted by molar-refractivity contribution is -0.114. The van der Waals surface area contributed by atoms with Gasteiger partial charge in [-0.05, 0) is 23.0 Å². The van der Waals surface area contributed by atoms with Gasteiger partial charge in [0.15, 0.2) is 6.17 Å². The molecule has 0 aromatic heterocycles. The van der Waals surface area contributed by atoms with Crippen molar-refractivity contribution in [2.45, 2.75) is 24.4 Å². The van der Waals surface area contributed by atoms with Gasteiger partial charge in [0.05, 0.1) is 5.02 Å². The van der Waals surface area contributed by atoms with Gasteiger partial charge in [-0.2, -0.15) is 0 Å². The van der Waals surface area contributed by atoms with Crippen molar-refractivity contribution in [1.29, 1.82) is 0 Å². The van der Waals surface area contributed by atoms with Crippen LogP contribution in [0.15, 0.2) is 34.2 Å². The van der Waals surface area contributed by atoms with Crippen LogP contribution in [0.5, 0.6) is 0 Å². The number of benzene rings is 1. The highest BCUT2D eigenvalue weighted by Crippen LogP contribution is 2.29. The number of sulfonamides is 1. The molecule has 1 aromatic rings. The molecule has 1 heterocycles. The molecule has 1 unspecified atom stereocenters. The number of aliphatic imine (C=N–C) groups is 1.